The molecule has 1 aromatic carbocycles. The smallest absolute Gasteiger partial charge is 0.330 e. The van der Waals surface area contributed by atoms with Gasteiger partial charge in [0.25, 0.3) is 0 Å². The number of carbonyl (C=O) groups is 1. The molecular formula is C10H7F3O2. The summed E-state index contributed by atoms with van der Waals surface area (Å²) in [7, 11) is 1.13. The topological polar surface area (TPSA) is 26.3 Å². The van der Waals surface area contributed by atoms with Crippen LogP contribution in [0.1, 0.15) is 5.56 Å². The van der Waals surface area contributed by atoms with Crippen molar-refractivity contribution in [3.8, 4) is 0 Å². The zero-order chi connectivity index (χ0) is 11.4. The van der Waals surface area contributed by atoms with Crippen LogP contribution in [0.5, 0.6) is 0 Å². The van der Waals surface area contributed by atoms with E-state index in [2.05, 4.69) is 4.74 Å². The van der Waals surface area contributed by atoms with Crippen LogP contribution in [0, 0.1) is 17.5 Å². The number of carbonyl (C=O) groups excluding carboxylic acids is 1. The maximum atomic E-state index is 13.0. The Morgan fingerprint density at radius 2 is 1.80 bits per heavy atom. The van der Waals surface area contributed by atoms with Crippen LogP contribution in [0.3, 0.4) is 0 Å². The van der Waals surface area contributed by atoms with Gasteiger partial charge < -0.3 is 4.74 Å². The van der Waals surface area contributed by atoms with Crippen molar-refractivity contribution in [3.63, 3.8) is 0 Å². The Morgan fingerprint density at radius 3 is 2.27 bits per heavy atom. The standard InChI is InChI=1S/C10H7F3O2/c1-15-10(14)3-2-7-8(12)4-6(11)5-9(7)13/h2-5H,1H3/b3-2+. The fourth-order valence-electron chi connectivity index (χ4n) is 0.932. The average Bonchev–Trinajstić information content (AvgIpc) is 2.15. The number of ether oxygens (including phenoxy) is 1. The molecule has 80 valence electrons. The Hall–Kier alpha value is -1.78. The molecule has 1 rings (SSSR count). The highest BCUT2D eigenvalue weighted by Gasteiger charge is 2.08. The summed E-state index contributed by atoms with van der Waals surface area (Å²) in [5.74, 6) is -3.92. The van der Waals surface area contributed by atoms with Crippen molar-refractivity contribution >= 4 is 12.0 Å². The molecule has 2 nitrogen and oxygen atoms in total. The Balaban J connectivity index is 3.05. The second-order valence-electron chi connectivity index (χ2n) is 2.64. The van der Waals surface area contributed by atoms with Crippen LogP contribution in [0.15, 0.2) is 18.2 Å². The van der Waals surface area contributed by atoms with Crippen molar-refractivity contribution in [3.05, 3.63) is 41.2 Å². The van der Waals surface area contributed by atoms with Crippen LogP contribution in [-0.4, -0.2) is 13.1 Å². The number of methoxy groups -OCH3 is 1. The van der Waals surface area contributed by atoms with Crippen LogP contribution in [0.2, 0.25) is 0 Å². The monoisotopic (exact) mass is 216 g/mol. The number of halogens is 3. The summed E-state index contributed by atoms with van der Waals surface area (Å²) in [6.45, 7) is 0. The van der Waals surface area contributed by atoms with Crippen molar-refractivity contribution in [2.45, 2.75) is 0 Å². The van der Waals surface area contributed by atoms with E-state index in [9.17, 15) is 18.0 Å². The molecule has 0 bridgehead atoms. The lowest BCUT2D eigenvalue weighted by Crippen LogP contribution is -1.96. The third kappa shape index (κ3) is 2.83. The van der Waals surface area contributed by atoms with Crippen LogP contribution in [0.4, 0.5) is 13.2 Å². The predicted octanol–water partition coefficient (Wildman–Crippen LogP) is 2.29. The van der Waals surface area contributed by atoms with Crippen LogP contribution in [-0.2, 0) is 9.53 Å². The van der Waals surface area contributed by atoms with E-state index in [0.29, 0.717) is 12.1 Å². The summed E-state index contributed by atoms with van der Waals surface area (Å²) in [4.78, 5) is 10.6. The summed E-state index contributed by atoms with van der Waals surface area (Å²) < 4.78 is 42.7. The van der Waals surface area contributed by atoms with Gasteiger partial charge in [-0.25, -0.2) is 18.0 Å². The van der Waals surface area contributed by atoms with E-state index in [1.165, 1.54) is 0 Å². The Labute approximate surface area is 84.0 Å². The highest BCUT2D eigenvalue weighted by Crippen LogP contribution is 2.16. The lowest BCUT2D eigenvalue weighted by Gasteiger charge is -1.99. The minimum atomic E-state index is -1.08. The number of hydrogen-bond donors (Lipinski definition) is 0. The van der Waals surface area contributed by atoms with E-state index in [1.807, 2.05) is 0 Å². The number of hydrogen-bond acceptors (Lipinski definition) is 2. The molecular weight excluding hydrogens is 209 g/mol. The maximum Gasteiger partial charge on any atom is 0.330 e. The molecule has 0 aliphatic heterocycles. The summed E-state index contributed by atoms with van der Waals surface area (Å²) in [5, 5.41) is 0. The van der Waals surface area contributed by atoms with Crippen molar-refractivity contribution in [2.24, 2.45) is 0 Å². The zero-order valence-corrected chi connectivity index (χ0v) is 7.76. The molecule has 0 N–H and O–H groups in total. The molecule has 0 fully saturated rings. The number of benzene rings is 1. The van der Waals surface area contributed by atoms with Gasteiger partial charge in [-0.15, -0.1) is 0 Å². The predicted molar refractivity (Wildman–Crippen MR) is 47.4 cm³/mol. The van der Waals surface area contributed by atoms with Gasteiger partial charge >= 0.3 is 5.97 Å². The third-order valence-corrected chi connectivity index (χ3v) is 1.63. The second kappa shape index (κ2) is 4.63. The Kier molecular flexibility index (Phi) is 3.49. The fraction of sp³-hybridized carbons (Fsp3) is 0.100. The molecule has 5 heteroatoms. The number of esters is 1. The molecule has 0 heterocycles. The molecule has 15 heavy (non-hydrogen) atoms. The van der Waals surface area contributed by atoms with Crippen molar-refractivity contribution in [2.75, 3.05) is 7.11 Å². The first kappa shape index (κ1) is 11.3. The normalized spacial score (nSPS) is 10.7. The third-order valence-electron chi connectivity index (χ3n) is 1.63. The molecule has 0 unspecified atom stereocenters. The molecule has 1 aromatic rings. The molecule has 0 saturated heterocycles. The first-order valence-corrected chi connectivity index (χ1v) is 3.95. The minimum Gasteiger partial charge on any atom is -0.466 e. The van der Waals surface area contributed by atoms with E-state index >= 15 is 0 Å². The van der Waals surface area contributed by atoms with E-state index in [-0.39, 0.29) is 0 Å². The van der Waals surface area contributed by atoms with Crippen molar-refractivity contribution in [1.29, 1.82) is 0 Å². The van der Waals surface area contributed by atoms with Gasteiger partial charge in [-0.1, -0.05) is 0 Å². The number of rotatable bonds is 2. The van der Waals surface area contributed by atoms with E-state index in [4.69, 9.17) is 0 Å². The largest absolute Gasteiger partial charge is 0.466 e. The van der Waals surface area contributed by atoms with Crippen LogP contribution in [0.25, 0.3) is 6.08 Å². The Morgan fingerprint density at radius 1 is 1.27 bits per heavy atom. The molecule has 0 amide bonds. The first-order chi connectivity index (χ1) is 7.04. The maximum absolute atomic E-state index is 13.0. The van der Waals surface area contributed by atoms with Crippen molar-refractivity contribution < 1.29 is 22.7 Å². The lowest BCUT2D eigenvalue weighted by atomic mass is 10.2. The zero-order valence-electron chi connectivity index (χ0n) is 7.76. The van der Waals surface area contributed by atoms with Crippen molar-refractivity contribution in [1.82, 2.24) is 0 Å². The summed E-state index contributed by atoms with van der Waals surface area (Å²) in [5.41, 5.74) is -0.484. The van der Waals surface area contributed by atoms with E-state index in [0.717, 1.165) is 19.3 Å². The molecule has 0 aliphatic rings. The van der Waals surface area contributed by atoms with Gasteiger partial charge in [-0.2, -0.15) is 0 Å². The van der Waals surface area contributed by atoms with Crippen LogP contribution < -0.4 is 0 Å². The molecule has 0 aliphatic carbocycles. The summed E-state index contributed by atoms with van der Waals surface area (Å²) >= 11 is 0. The fourth-order valence-corrected chi connectivity index (χ4v) is 0.932. The van der Waals surface area contributed by atoms with Gasteiger partial charge in [0.1, 0.15) is 17.5 Å². The van der Waals surface area contributed by atoms with Gasteiger partial charge in [-0.05, 0) is 6.08 Å². The van der Waals surface area contributed by atoms with E-state index < -0.39 is 29.0 Å². The molecule has 0 saturated carbocycles. The Bertz CT molecular complexity index is 390. The van der Waals surface area contributed by atoms with Crippen LogP contribution >= 0.6 is 0 Å². The van der Waals surface area contributed by atoms with Gasteiger partial charge in [0.15, 0.2) is 0 Å². The lowest BCUT2D eigenvalue weighted by molar-refractivity contribution is -0.134. The van der Waals surface area contributed by atoms with Gasteiger partial charge in [-0.3, -0.25) is 0 Å². The average molecular weight is 216 g/mol. The molecule has 0 spiro atoms. The van der Waals surface area contributed by atoms with Gasteiger partial charge in [0.2, 0.25) is 0 Å². The van der Waals surface area contributed by atoms with Gasteiger partial charge in [0.05, 0.1) is 7.11 Å². The summed E-state index contributed by atoms with van der Waals surface area (Å²) in [6, 6.07) is 1.06. The second-order valence-corrected chi connectivity index (χ2v) is 2.64. The highest BCUT2D eigenvalue weighted by molar-refractivity contribution is 5.86. The molecule has 0 radical (unpaired) electrons. The minimum absolute atomic E-state index is 0.484. The quantitative estimate of drug-likeness (QED) is 0.560. The first-order valence-electron chi connectivity index (χ1n) is 3.95. The SMILES string of the molecule is COC(=O)/C=C/c1c(F)cc(F)cc1F. The molecule has 0 aromatic heterocycles. The summed E-state index contributed by atoms with van der Waals surface area (Å²) in [6.07, 6.45) is 1.73. The highest BCUT2D eigenvalue weighted by atomic mass is 19.1. The van der Waals surface area contributed by atoms with E-state index in [1.54, 1.807) is 0 Å². The molecule has 0 atom stereocenters. The van der Waals surface area contributed by atoms with Gasteiger partial charge in [0, 0.05) is 23.8 Å².